The smallest absolute Gasteiger partial charge is 0.319 e. The van der Waals surface area contributed by atoms with Gasteiger partial charge in [-0.15, -0.1) is 0 Å². The molecule has 3 aromatic rings. The Bertz CT molecular complexity index is 1100. The van der Waals surface area contributed by atoms with Crippen molar-refractivity contribution in [3.8, 4) is 0 Å². The first-order valence-electron chi connectivity index (χ1n) is 8.91. The van der Waals surface area contributed by atoms with E-state index in [1.54, 1.807) is 49.6 Å². The zero-order valence-electron chi connectivity index (χ0n) is 16.1. The number of fused-ring (bicyclic) bond motifs is 1. The second kappa shape index (κ2) is 9.21. The molecule has 0 saturated heterocycles. The predicted octanol–water partition coefficient (Wildman–Crippen LogP) is 3.56. The van der Waals surface area contributed by atoms with E-state index in [-0.39, 0.29) is 16.1 Å². The minimum absolute atomic E-state index is 0.176. The quantitative estimate of drug-likeness (QED) is 0.470. The van der Waals surface area contributed by atoms with Crippen molar-refractivity contribution in [3.05, 3.63) is 48.0 Å². The predicted molar refractivity (Wildman–Crippen MR) is 115 cm³/mol. The van der Waals surface area contributed by atoms with Crippen molar-refractivity contribution in [1.29, 1.82) is 0 Å². The van der Waals surface area contributed by atoms with Crippen LogP contribution in [-0.2, 0) is 14.8 Å². The number of hydrogen-bond donors (Lipinski definition) is 3. The van der Waals surface area contributed by atoms with E-state index in [0.717, 1.165) is 16.7 Å². The normalized spacial score (nSPS) is 11.4. The average Bonchev–Trinajstić information content (AvgIpc) is 3.06. The van der Waals surface area contributed by atoms with E-state index in [2.05, 4.69) is 20.3 Å². The Labute approximate surface area is 173 Å². The summed E-state index contributed by atoms with van der Waals surface area (Å²) in [5, 5.41) is 5.75. The Hall–Kier alpha value is -2.69. The zero-order chi connectivity index (χ0) is 20.9. The monoisotopic (exact) mass is 434 g/mol. The number of nitrogens with one attached hydrogen (secondary N) is 3. The molecular formula is C19H22N4O4S2. The summed E-state index contributed by atoms with van der Waals surface area (Å²) in [5.41, 5.74) is 2.22. The first-order valence-corrected chi connectivity index (χ1v) is 11.2. The maximum atomic E-state index is 12.5. The van der Waals surface area contributed by atoms with Crippen LogP contribution in [0.3, 0.4) is 0 Å². The number of sulfonamides is 1. The molecule has 0 bridgehead atoms. The summed E-state index contributed by atoms with van der Waals surface area (Å²) in [4.78, 5) is 16.4. The fourth-order valence-electron chi connectivity index (χ4n) is 2.53. The lowest BCUT2D eigenvalue weighted by Crippen LogP contribution is -2.29. The maximum Gasteiger partial charge on any atom is 0.319 e. The van der Waals surface area contributed by atoms with Crippen molar-refractivity contribution in [2.45, 2.75) is 18.2 Å². The number of aromatic nitrogens is 1. The SMILES string of the molecule is COCCCNC(=O)Nc1ccc2nc(NS(=O)(=O)c3ccc(C)cc3)sc2c1. The van der Waals surface area contributed by atoms with Crippen molar-refractivity contribution < 1.29 is 17.9 Å². The van der Waals surface area contributed by atoms with Crippen molar-refractivity contribution in [1.82, 2.24) is 10.3 Å². The third-order valence-electron chi connectivity index (χ3n) is 4.01. The fourth-order valence-corrected chi connectivity index (χ4v) is 4.67. The number of urea groups is 1. The number of carbonyl (C=O) groups excluding carboxylic acids is 1. The van der Waals surface area contributed by atoms with Crippen molar-refractivity contribution in [3.63, 3.8) is 0 Å². The molecule has 29 heavy (non-hydrogen) atoms. The fraction of sp³-hybridized carbons (Fsp3) is 0.263. The van der Waals surface area contributed by atoms with Crippen LogP contribution in [-0.4, -0.2) is 39.7 Å². The number of nitrogens with zero attached hydrogens (tertiary/aromatic N) is 1. The number of aryl methyl sites for hydroxylation is 1. The van der Waals surface area contributed by atoms with Gasteiger partial charge in [0, 0.05) is 25.9 Å². The molecule has 0 atom stereocenters. The summed E-state index contributed by atoms with van der Waals surface area (Å²) in [7, 11) is -2.10. The van der Waals surface area contributed by atoms with Gasteiger partial charge < -0.3 is 15.4 Å². The zero-order valence-corrected chi connectivity index (χ0v) is 17.7. The number of rotatable bonds is 8. The van der Waals surface area contributed by atoms with Crippen LogP contribution in [0, 0.1) is 6.92 Å². The molecule has 10 heteroatoms. The van der Waals surface area contributed by atoms with Gasteiger partial charge in [0.25, 0.3) is 10.0 Å². The molecule has 2 aromatic carbocycles. The van der Waals surface area contributed by atoms with Gasteiger partial charge in [-0.1, -0.05) is 29.0 Å². The second-order valence-electron chi connectivity index (χ2n) is 6.35. The summed E-state index contributed by atoms with van der Waals surface area (Å²) in [6, 6.07) is 11.5. The van der Waals surface area contributed by atoms with E-state index < -0.39 is 10.0 Å². The molecule has 0 radical (unpaired) electrons. The van der Waals surface area contributed by atoms with Gasteiger partial charge in [-0.05, 0) is 43.7 Å². The Morgan fingerprint density at radius 3 is 2.66 bits per heavy atom. The standard InChI is InChI=1S/C19H22N4O4S2/c1-13-4-7-15(8-5-13)29(25,26)23-19-22-16-9-6-14(12-17(16)28-19)21-18(24)20-10-3-11-27-2/h4-9,12H,3,10-11H2,1-2H3,(H,22,23)(H2,20,21,24). The lowest BCUT2D eigenvalue weighted by atomic mass is 10.2. The summed E-state index contributed by atoms with van der Waals surface area (Å²) >= 11 is 1.20. The molecule has 0 aliphatic heterocycles. The number of anilines is 2. The van der Waals surface area contributed by atoms with Crippen LogP contribution in [0.2, 0.25) is 0 Å². The van der Waals surface area contributed by atoms with Gasteiger partial charge in [0.05, 0.1) is 15.1 Å². The minimum Gasteiger partial charge on any atom is -0.385 e. The van der Waals surface area contributed by atoms with Crippen molar-refractivity contribution in [2.75, 3.05) is 30.3 Å². The number of ether oxygens (including phenoxy) is 1. The molecule has 0 spiro atoms. The number of methoxy groups -OCH3 is 1. The highest BCUT2D eigenvalue weighted by Gasteiger charge is 2.16. The Balaban J connectivity index is 1.69. The van der Waals surface area contributed by atoms with E-state index in [9.17, 15) is 13.2 Å². The number of thiazole rings is 1. The first-order chi connectivity index (χ1) is 13.9. The van der Waals surface area contributed by atoms with E-state index in [1.807, 2.05) is 6.92 Å². The van der Waals surface area contributed by atoms with Crippen LogP contribution in [0.15, 0.2) is 47.4 Å². The van der Waals surface area contributed by atoms with Crippen LogP contribution in [0.4, 0.5) is 15.6 Å². The van der Waals surface area contributed by atoms with Crippen molar-refractivity contribution in [2.24, 2.45) is 0 Å². The Kier molecular flexibility index (Phi) is 6.68. The number of carbonyl (C=O) groups is 1. The molecule has 2 amide bonds. The van der Waals surface area contributed by atoms with Crippen LogP contribution < -0.4 is 15.4 Å². The van der Waals surface area contributed by atoms with Gasteiger partial charge in [0.2, 0.25) is 0 Å². The topological polar surface area (TPSA) is 109 Å². The first kappa shape index (κ1) is 21.0. The van der Waals surface area contributed by atoms with Gasteiger partial charge in [0.1, 0.15) is 0 Å². The van der Waals surface area contributed by atoms with Gasteiger partial charge in [-0.2, -0.15) is 0 Å². The summed E-state index contributed by atoms with van der Waals surface area (Å²) in [6.45, 7) is 2.98. The number of benzene rings is 2. The lowest BCUT2D eigenvalue weighted by Gasteiger charge is -2.07. The molecule has 3 N–H and O–H groups in total. The van der Waals surface area contributed by atoms with Gasteiger partial charge in [-0.25, -0.2) is 18.2 Å². The number of hydrogen-bond acceptors (Lipinski definition) is 6. The van der Waals surface area contributed by atoms with E-state index in [4.69, 9.17) is 4.74 Å². The molecule has 8 nitrogen and oxygen atoms in total. The second-order valence-corrected chi connectivity index (χ2v) is 9.06. The average molecular weight is 435 g/mol. The summed E-state index contributed by atoms with van der Waals surface area (Å²) in [6.07, 6.45) is 0.724. The Morgan fingerprint density at radius 1 is 1.17 bits per heavy atom. The molecule has 3 rings (SSSR count). The third-order valence-corrected chi connectivity index (χ3v) is 6.43. The molecule has 0 fully saturated rings. The highest BCUT2D eigenvalue weighted by atomic mass is 32.2. The van der Waals surface area contributed by atoms with Gasteiger partial charge >= 0.3 is 6.03 Å². The number of amides is 2. The lowest BCUT2D eigenvalue weighted by molar-refractivity contribution is 0.194. The van der Waals surface area contributed by atoms with Crippen LogP contribution in [0.1, 0.15) is 12.0 Å². The van der Waals surface area contributed by atoms with Gasteiger partial charge in [-0.3, -0.25) is 4.72 Å². The highest BCUT2D eigenvalue weighted by molar-refractivity contribution is 7.93. The molecule has 0 saturated carbocycles. The van der Waals surface area contributed by atoms with E-state index in [0.29, 0.717) is 24.4 Å². The molecule has 154 valence electrons. The molecule has 0 unspecified atom stereocenters. The molecule has 0 aliphatic carbocycles. The minimum atomic E-state index is -3.71. The molecule has 1 aromatic heterocycles. The summed E-state index contributed by atoms with van der Waals surface area (Å²) < 4.78 is 33.3. The maximum absolute atomic E-state index is 12.5. The van der Waals surface area contributed by atoms with Crippen LogP contribution in [0.25, 0.3) is 10.2 Å². The molecule has 1 heterocycles. The third kappa shape index (κ3) is 5.66. The largest absolute Gasteiger partial charge is 0.385 e. The van der Waals surface area contributed by atoms with Crippen LogP contribution >= 0.6 is 11.3 Å². The van der Waals surface area contributed by atoms with E-state index >= 15 is 0 Å². The van der Waals surface area contributed by atoms with Crippen LogP contribution in [0.5, 0.6) is 0 Å². The van der Waals surface area contributed by atoms with Crippen molar-refractivity contribution >= 4 is 48.4 Å². The van der Waals surface area contributed by atoms with Gasteiger partial charge in [0.15, 0.2) is 5.13 Å². The summed E-state index contributed by atoms with van der Waals surface area (Å²) in [5.74, 6) is 0. The molecular weight excluding hydrogens is 412 g/mol. The Morgan fingerprint density at radius 2 is 1.93 bits per heavy atom. The highest BCUT2D eigenvalue weighted by Crippen LogP contribution is 2.29. The van der Waals surface area contributed by atoms with E-state index in [1.165, 1.54) is 11.3 Å². The molecule has 0 aliphatic rings.